The highest BCUT2D eigenvalue weighted by molar-refractivity contribution is 6.08. The van der Waals surface area contributed by atoms with Crippen LogP contribution in [0.5, 0.6) is 11.5 Å². The fraction of sp³-hybridized carbons (Fsp3) is 0.419. The van der Waals surface area contributed by atoms with E-state index in [1.165, 1.54) is 32.0 Å². The molecule has 0 unspecified atom stereocenters. The van der Waals surface area contributed by atoms with Gasteiger partial charge in [0.1, 0.15) is 17.3 Å². The van der Waals surface area contributed by atoms with Crippen LogP contribution >= 0.6 is 0 Å². The van der Waals surface area contributed by atoms with E-state index >= 15 is 0 Å². The number of aliphatic carboxylic acids is 2. The lowest BCUT2D eigenvalue weighted by atomic mass is 9.84. The first-order valence-electron chi connectivity index (χ1n) is 14.1. The number of carbonyl (C=O) groups excluding carboxylic acids is 3. The summed E-state index contributed by atoms with van der Waals surface area (Å²) in [6.45, 7) is 8.77. The third-order valence-electron chi connectivity index (χ3n) is 6.86. The van der Waals surface area contributed by atoms with Gasteiger partial charge in [0.25, 0.3) is 5.91 Å². The minimum Gasteiger partial charge on any atom is -0.493 e. The second kappa shape index (κ2) is 15.0. The Morgan fingerprint density at radius 3 is 2.11 bits per heavy atom. The summed E-state index contributed by atoms with van der Waals surface area (Å²) >= 11 is 0. The molecule has 13 nitrogen and oxygen atoms in total. The highest BCUT2D eigenvalue weighted by Crippen LogP contribution is 2.40. The smallest absolute Gasteiger partial charge is 0.490 e. The van der Waals surface area contributed by atoms with Crippen LogP contribution in [0.4, 0.5) is 18.9 Å². The average Bonchev–Trinajstić information content (AvgIpc) is 3.27. The van der Waals surface area contributed by atoms with Crippen molar-refractivity contribution in [1.29, 1.82) is 5.41 Å². The predicted octanol–water partition coefficient (Wildman–Crippen LogP) is 3.85. The number of carboxylic acid groups (broad SMARTS) is 2. The number of anilines is 1. The van der Waals surface area contributed by atoms with Gasteiger partial charge in [-0.3, -0.25) is 19.8 Å². The van der Waals surface area contributed by atoms with Crippen molar-refractivity contribution in [2.24, 2.45) is 0 Å². The van der Waals surface area contributed by atoms with Gasteiger partial charge in [-0.05, 0) is 42.2 Å². The highest BCUT2D eigenvalue weighted by atomic mass is 19.4. The summed E-state index contributed by atoms with van der Waals surface area (Å²) in [5.41, 5.74) is 2.20. The third kappa shape index (κ3) is 9.43. The van der Waals surface area contributed by atoms with Crippen molar-refractivity contribution in [1.82, 2.24) is 10.2 Å². The summed E-state index contributed by atoms with van der Waals surface area (Å²) in [5.74, 6) is -4.16. The van der Waals surface area contributed by atoms with Gasteiger partial charge in [-0.15, -0.1) is 0 Å². The number of benzene rings is 2. The summed E-state index contributed by atoms with van der Waals surface area (Å²) in [7, 11) is 3.04. The molecule has 2 amide bonds. The van der Waals surface area contributed by atoms with Crippen LogP contribution in [0.2, 0.25) is 0 Å². The number of ether oxygens (including phenoxy) is 2. The molecule has 0 aromatic heterocycles. The number of carboxylic acids is 2. The Kier molecular flexibility index (Phi) is 12.1. The molecule has 0 bridgehead atoms. The summed E-state index contributed by atoms with van der Waals surface area (Å²) in [6.07, 6.45) is -5.08. The van der Waals surface area contributed by atoms with Gasteiger partial charge in [-0.1, -0.05) is 20.8 Å². The molecule has 47 heavy (non-hydrogen) atoms. The maximum Gasteiger partial charge on any atom is 0.490 e. The van der Waals surface area contributed by atoms with Crippen molar-refractivity contribution in [3.63, 3.8) is 0 Å². The van der Waals surface area contributed by atoms with E-state index in [1.54, 1.807) is 23.1 Å². The van der Waals surface area contributed by atoms with Crippen molar-refractivity contribution < 1.29 is 56.8 Å². The minimum absolute atomic E-state index is 0.107. The highest BCUT2D eigenvalue weighted by Gasteiger charge is 2.38. The summed E-state index contributed by atoms with van der Waals surface area (Å²) in [6, 6.07) is 6.51. The number of Topliss-reactive ketones (excluding diaryl/α,β-unsaturated/α-hetero) is 1. The number of alkyl halides is 3. The number of nitrogens with zero attached hydrogens (tertiary/aromatic N) is 2. The van der Waals surface area contributed by atoms with Gasteiger partial charge < -0.3 is 34.8 Å². The predicted molar refractivity (Wildman–Crippen MR) is 164 cm³/mol. The Morgan fingerprint density at radius 1 is 1.04 bits per heavy atom. The number of ketones is 1. The number of rotatable bonds is 10. The number of fused-ring (bicyclic) bond motifs is 1. The Balaban J connectivity index is 0.000000984. The Bertz CT molecular complexity index is 1580. The van der Waals surface area contributed by atoms with Crippen molar-refractivity contribution >= 4 is 41.1 Å². The molecule has 1 aliphatic heterocycles. The minimum atomic E-state index is -5.08. The molecule has 3 rings (SSSR count). The lowest BCUT2D eigenvalue weighted by molar-refractivity contribution is -0.192. The Labute approximate surface area is 268 Å². The van der Waals surface area contributed by atoms with Crippen molar-refractivity contribution in [3.8, 4) is 11.5 Å². The first-order valence-corrected chi connectivity index (χ1v) is 14.1. The summed E-state index contributed by atoms with van der Waals surface area (Å²) in [5, 5.41) is 27.6. The molecule has 0 saturated carbocycles. The zero-order valence-corrected chi connectivity index (χ0v) is 26.9. The number of hydrogen-bond donors (Lipinski definition) is 4. The standard InChI is InChI=1S/C29H36N4O7.C2HF3O2/c1-8-39-24-11-18-13-33(27(30)19(18)12-20(24)28(38)31-6)14-23(35)17-9-21(29(3,4)5)26(40-15-25(36)37)22(10-17)32(7)16(2)34;3-2(4,5)1(6)7/h9-12,30H,8,13-15H2,1-7H3,(H,31,38)(H,36,37);(H,6,7). The Hall–Kier alpha value is -5.15. The van der Waals surface area contributed by atoms with Gasteiger partial charge in [0.05, 0.1) is 24.4 Å². The van der Waals surface area contributed by atoms with Crippen LogP contribution in [-0.2, 0) is 26.3 Å². The average molecular weight is 667 g/mol. The second-order valence-corrected chi connectivity index (χ2v) is 11.3. The first kappa shape index (κ1) is 38.0. The second-order valence-electron chi connectivity index (χ2n) is 11.3. The molecule has 0 radical (unpaired) electrons. The van der Waals surface area contributed by atoms with Crippen LogP contribution in [0.1, 0.15) is 72.0 Å². The number of halogens is 3. The third-order valence-corrected chi connectivity index (χ3v) is 6.86. The maximum absolute atomic E-state index is 13.6. The summed E-state index contributed by atoms with van der Waals surface area (Å²) in [4.78, 5) is 61.4. The summed E-state index contributed by atoms with van der Waals surface area (Å²) < 4.78 is 43.0. The van der Waals surface area contributed by atoms with Gasteiger partial charge in [-0.2, -0.15) is 13.2 Å². The molecule has 1 heterocycles. The van der Waals surface area contributed by atoms with Crippen LogP contribution in [0.15, 0.2) is 24.3 Å². The molecule has 2 aromatic rings. The molecule has 256 valence electrons. The zero-order valence-electron chi connectivity index (χ0n) is 26.9. The van der Waals surface area contributed by atoms with E-state index in [4.69, 9.17) is 24.8 Å². The lowest BCUT2D eigenvalue weighted by Gasteiger charge is -2.28. The quantitative estimate of drug-likeness (QED) is 0.272. The molecule has 0 fully saturated rings. The van der Waals surface area contributed by atoms with Crippen molar-refractivity contribution in [2.75, 3.05) is 38.8 Å². The topological polar surface area (TPSA) is 187 Å². The fourth-order valence-electron chi connectivity index (χ4n) is 4.45. The number of carbonyl (C=O) groups is 5. The van der Waals surface area contributed by atoms with E-state index in [0.717, 1.165) is 5.56 Å². The first-order chi connectivity index (χ1) is 21.6. The van der Waals surface area contributed by atoms with E-state index in [9.17, 15) is 37.5 Å². The van der Waals surface area contributed by atoms with Crippen LogP contribution in [0.25, 0.3) is 0 Å². The lowest BCUT2D eigenvalue weighted by Crippen LogP contribution is -2.31. The number of amidine groups is 1. The van der Waals surface area contributed by atoms with E-state index in [0.29, 0.717) is 34.6 Å². The van der Waals surface area contributed by atoms with E-state index in [-0.39, 0.29) is 48.0 Å². The molecule has 1 aliphatic rings. The van der Waals surface area contributed by atoms with E-state index < -0.39 is 30.1 Å². The normalized spacial score (nSPS) is 12.4. The van der Waals surface area contributed by atoms with Crippen molar-refractivity contribution in [3.05, 3.63) is 52.1 Å². The molecule has 0 aliphatic carbocycles. The van der Waals surface area contributed by atoms with Crippen LogP contribution < -0.4 is 19.7 Å². The van der Waals surface area contributed by atoms with Gasteiger partial charge in [0, 0.05) is 44.3 Å². The Morgan fingerprint density at radius 2 is 1.64 bits per heavy atom. The molecule has 0 atom stereocenters. The largest absolute Gasteiger partial charge is 0.493 e. The van der Waals surface area contributed by atoms with Gasteiger partial charge in [0.15, 0.2) is 12.4 Å². The van der Waals surface area contributed by atoms with Gasteiger partial charge >= 0.3 is 18.1 Å². The molecular weight excluding hydrogens is 629 g/mol. The van der Waals surface area contributed by atoms with Crippen molar-refractivity contribution in [2.45, 2.75) is 52.8 Å². The molecule has 0 saturated heterocycles. The SMILES string of the molecule is CCOc1cc2c(cc1C(=O)NC)C(=N)N(CC(=O)c1cc(N(C)C(C)=O)c(OCC(=O)O)c(C(C)(C)C)c1)C2.O=C(O)C(F)(F)F. The fourth-order valence-corrected chi connectivity index (χ4v) is 4.45. The van der Waals surface area contributed by atoms with Crippen LogP contribution in [0.3, 0.4) is 0 Å². The molecule has 0 spiro atoms. The van der Waals surface area contributed by atoms with Gasteiger partial charge in [0.2, 0.25) is 5.91 Å². The number of nitrogens with one attached hydrogen (secondary N) is 2. The van der Waals surface area contributed by atoms with Crippen LogP contribution in [-0.4, -0.2) is 90.5 Å². The van der Waals surface area contributed by atoms with Crippen LogP contribution in [0, 0.1) is 5.41 Å². The monoisotopic (exact) mass is 666 g/mol. The molecule has 4 N–H and O–H groups in total. The van der Waals surface area contributed by atoms with E-state index in [1.807, 2.05) is 27.7 Å². The maximum atomic E-state index is 13.6. The number of amides is 2. The zero-order chi connectivity index (χ0) is 36.0. The molecule has 2 aromatic carbocycles. The van der Waals surface area contributed by atoms with Gasteiger partial charge in [-0.25, -0.2) is 9.59 Å². The number of hydrogen-bond acceptors (Lipinski definition) is 8. The molecule has 16 heteroatoms. The molecular formula is C31H37F3N4O9. The van der Waals surface area contributed by atoms with E-state index in [2.05, 4.69) is 5.32 Å².